The second-order valence-corrected chi connectivity index (χ2v) is 6.56. The molecule has 1 saturated heterocycles. The first-order valence-corrected chi connectivity index (χ1v) is 7.55. The molecule has 3 unspecified atom stereocenters. The molecule has 2 aliphatic rings. The lowest BCUT2D eigenvalue weighted by atomic mass is 9.94. The standard InChI is InChI=1S/C15H26N2O3/c1-9(2)13-14(18)16-12(11-5-6-11)15(19)17(13)7-10(3)8-20-4/h9-13H,5-8H2,1-4H3,(H,16,18). The Balaban J connectivity index is 2.14. The minimum Gasteiger partial charge on any atom is -0.384 e. The van der Waals surface area contributed by atoms with Crippen LogP contribution in [0.15, 0.2) is 0 Å². The van der Waals surface area contributed by atoms with Gasteiger partial charge in [0.1, 0.15) is 12.1 Å². The second-order valence-electron chi connectivity index (χ2n) is 6.56. The van der Waals surface area contributed by atoms with Crippen LogP contribution in [0.2, 0.25) is 0 Å². The summed E-state index contributed by atoms with van der Waals surface area (Å²) in [4.78, 5) is 26.8. The normalized spacial score (nSPS) is 28.8. The first-order valence-electron chi connectivity index (χ1n) is 7.55. The van der Waals surface area contributed by atoms with Crippen molar-refractivity contribution in [1.82, 2.24) is 10.2 Å². The van der Waals surface area contributed by atoms with Crippen LogP contribution >= 0.6 is 0 Å². The van der Waals surface area contributed by atoms with Gasteiger partial charge in [0, 0.05) is 13.7 Å². The van der Waals surface area contributed by atoms with E-state index in [1.54, 1.807) is 12.0 Å². The van der Waals surface area contributed by atoms with Gasteiger partial charge in [-0.1, -0.05) is 20.8 Å². The number of nitrogens with one attached hydrogen (secondary N) is 1. The number of ether oxygens (including phenoxy) is 1. The Labute approximate surface area is 121 Å². The summed E-state index contributed by atoms with van der Waals surface area (Å²) in [6, 6.07) is -0.649. The van der Waals surface area contributed by atoms with E-state index in [-0.39, 0.29) is 35.7 Å². The smallest absolute Gasteiger partial charge is 0.246 e. The summed E-state index contributed by atoms with van der Waals surface area (Å²) >= 11 is 0. The number of methoxy groups -OCH3 is 1. The number of carbonyl (C=O) groups is 2. The van der Waals surface area contributed by atoms with Gasteiger partial charge < -0.3 is 15.0 Å². The molecule has 1 aliphatic heterocycles. The highest BCUT2D eigenvalue weighted by molar-refractivity contribution is 5.97. The second kappa shape index (κ2) is 6.12. The van der Waals surface area contributed by atoms with Crippen molar-refractivity contribution < 1.29 is 14.3 Å². The van der Waals surface area contributed by atoms with Crippen LogP contribution in [0.5, 0.6) is 0 Å². The molecule has 1 N–H and O–H groups in total. The van der Waals surface area contributed by atoms with Crippen molar-refractivity contribution in [2.75, 3.05) is 20.3 Å². The largest absolute Gasteiger partial charge is 0.384 e. The highest BCUT2D eigenvalue weighted by Crippen LogP contribution is 2.35. The summed E-state index contributed by atoms with van der Waals surface area (Å²) in [5, 5.41) is 2.93. The monoisotopic (exact) mass is 282 g/mol. The van der Waals surface area contributed by atoms with E-state index in [2.05, 4.69) is 5.32 Å². The molecule has 1 aliphatic carbocycles. The van der Waals surface area contributed by atoms with Crippen molar-refractivity contribution in [1.29, 1.82) is 0 Å². The third kappa shape index (κ3) is 3.14. The predicted octanol–water partition coefficient (Wildman–Crippen LogP) is 1.03. The highest BCUT2D eigenvalue weighted by atomic mass is 16.5. The van der Waals surface area contributed by atoms with Gasteiger partial charge in [-0.05, 0) is 30.6 Å². The zero-order valence-electron chi connectivity index (χ0n) is 12.9. The molecule has 0 aromatic carbocycles. The van der Waals surface area contributed by atoms with Gasteiger partial charge in [0.15, 0.2) is 0 Å². The zero-order valence-corrected chi connectivity index (χ0v) is 12.9. The summed E-state index contributed by atoms with van der Waals surface area (Å²) in [6.45, 7) is 7.22. The zero-order chi connectivity index (χ0) is 14.9. The van der Waals surface area contributed by atoms with Crippen LogP contribution in [-0.4, -0.2) is 49.1 Å². The molecule has 0 bridgehead atoms. The van der Waals surface area contributed by atoms with E-state index in [1.807, 2.05) is 20.8 Å². The molecular formula is C15H26N2O3. The van der Waals surface area contributed by atoms with Crippen LogP contribution in [-0.2, 0) is 14.3 Å². The lowest BCUT2D eigenvalue weighted by Gasteiger charge is -2.42. The third-order valence-electron chi connectivity index (χ3n) is 4.14. The molecule has 5 heteroatoms. The quantitative estimate of drug-likeness (QED) is 0.791. The Morgan fingerprint density at radius 1 is 1.30 bits per heavy atom. The molecule has 0 aromatic heterocycles. The molecule has 0 radical (unpaired) electrons. The van der Waals surface area contributed by atoms with Crippen LogP contribution in [0.1, 0.15) is 33.6 Å². The van der Waals surface area contributed by atoms with Crippen molar-refractivity contribution in [3.63, 3.8) is 0 Å². The van der Waals surface area contributed by atoms with Crippen LogP contribution in [0.25, 0.3) is 0 Å². The number of piperazine rings is 1. The fraction of sp³-hybridized carbons (Fsp3) is 0.867. The minimum atomic E-state index is -0.350. The number of nitrogens with zero attached hydrogens (tertiary/aromatic N) is 1. The molecule has 0 spiro atoms. The fourth-order valence-electron chi connectivity index (χ4n) is 3.05. The van der Waals surface area contributed by atoms with Gasteiger partial charge in [-0.15, -0.1) is 0 Å². The molecule has 1 saturated carbocycles. The summed E-state index contributed by atoms with van der Waals surface area (Å²) in [5.41, 5.74) is 0. The Bertz CT molecular complexity index is 379. The van der Waals surface area contributed by atoms with Crippen molar-refractivity contribution in [3.8, 4) is 0 Å². The molecule has 20 heavy (non-hydrogen) atoms. The summed E-state index contributed by atoms with van der Waals surface area (Å²) < 4.78 is 5.15. The summed E-state index contributed by atoms with van der Waals surface area (Å²) in [7, 11) is 1.66. The topological polar surface area (TPSA) is 58.6 Å². The maximum absolute atomic E-state index is 12.7. The number of amides is 2. The van der Waals surface area contributed by atoms with Gasteiger partial charge in [0.25, 0.3) is 0 Å². The number of hydrogen-bond donors (Lipinski definition) is 1. The molecule has 2 fully saturated rings. The molecule has 0 aromatic rings. The van der Waals surface area contributed by atoms with Crippen molar-refractivity contribution in [3.05, 3.63) is 0 Å². The van der Waals surface area contributed by atoms with Gasteiger partial charge in [0.05, 0.1) is 6.61 Å². The van der Waals surface area contributed by atoms with Crippen LogP contribution < -0.4 is 5.32 Å². The van der Waals surface area contributed by atoms with E-state index in [4.69, 9.17) is 4.74 Å². The maximum atomic E-state index is 12.7. The van der Waals surface area contributed by atoms with Gasteiger partial charge in [-0.25, -0.2) is 0 Å². The van der Waals surface area contributed by atoms with Crippen molar-refractivity contribution in [2.24, 2.45) is 17.8 Å². The fourth-order valence-corrected chi connectivity index (χ4v) is 3.05. The van der Waals surface area contributed by atoms with E-state index >= 15 is 0 Å². The van der Waals surface area contributed by atoms with E-state index in [9.17, 15) is 9.59 Å². The Kier molecular flexibility index (Phi) is 4.68. The maximum Gasteiger partial charge on any atom is 0.246 e. The van der Waals surface area contributed by atoms with Gasteiger partial charge in [0.2, 0.25) is 11.8 Å². The van der Waals surface area contributed by atoms with Crippen molar-refractivity contribution in [2.45, 2.75) is 45.7 Å². The van der Waals surface area contributed by atoms with E-state index in [0.29, 0.717) is 19.1 Å². The predicted molar refractivity (Wildman–Crippen MR) is 76.0 cm³/mol. The molecular weight excluding hydrogens is 256 g/mol. The molecule has 2 amide bonds. The van der Waals surface area contributed by atoms with Crippen molar-refractivity contribution >= 4 is 11.8 Å². The van der Waals surface area contributed by atoms with E-state index in [0.717, 1.165) is 12.8 Å². The summed E-state index contributed by atoms with van der Waals surface area (Å²) in [6.07, 6.45) is 2.09. The molecule has 2 rings (SSSR count). The minimum absolute atomic E-state index is 0.00103. The van der Waals surface area contributed by atoms with Gasteiger partial charge in [-0.2, -0.15) is 0 Å². The SMILES string of the molecule is COCC(C)CN1C(=O)C(C2CC2)NC(=O)C1C(C)C. The molecule has 3 atom stereocenters. The first-order chi connectivity index (χ1) is 9.45. The lowest BCUT2D eigenvalue weighted by Crippen LogP contribution is -2.66. The van der Waals surface area contributed by atoms with Crippen LogP contribution in [0.3, 0.4) is 0 Å². The summed E-state index contributed by atoms with van der Waals surface area (Å²) in [5.74, 6) is 0.791. The highest BCUT2D eigenvalue weighted by Gasteiger charge is 2.47. The molecule has 114 valence electrons. The average Bonchev–Trinajstić information content (AvgIpc) is 3.17. The van der Waals surface area contributed by atoms with E-state index in [1.165, 1.54) is 0 Å². The molecule has 1 heterocycles. The van der Waals surface area contributed by atoms with Crippen LogP contribution in [0, 0.1) is 17.8 Å². The third-order valence-corrected chi connectivity index (χ3v) is 4.14. The molecule has 5 nitrogen and oxygen atoms in total. The van der Waals surface area contributed by atoms with Gasteiger partial charge >= 0.3 is 0 Å². The number of hydrogen-bond acceptors (Lipinski definition) is 3. The van der Waals surface area contributed by atoms with E-state index < -0.39 is 0 Å². The Morgan fingerprint density at radius 3 is 2.45 bits per heavy atom. The number of rotatable bonds is 6. The van der Waals surface area contributed by atoms with Gasteiger partial charge in [-0.3, -0.25) is 9.59 Å². The average molecular weight is 282 g/mol. The first kappa shape index (κ1) is 15.3. The lowest BCUT2D eigenvalue weighted by molar-refractivity contribution is -0.152. The Morgan fingerprint density at radius 2 is 1.95 bits per heavy atom. The van der Waals surface area contributed by atoms with Crippen LogP contribution in [0.4, 0.5) is 0 Å². The number of carbonyl (C=O) groups excluding carboxylic acids is 2. The Hall–Kier alpha value is -1.10.